The van der Waals surface area contributed by atoms with Crippen molar-refractivity contribution in [3.63, 3.8) is 0 Å². The van der Waals surface area contributed by atoms with Gasteiger partial charge in [-0.05, 0) is 24.1 Å². The van der Waals surface area contributed by atoms with Crippen LogP contribution in [0.25, 0.3) is 11.2 Å². The Balaban J connectivity index is 1.61. The molecule has 0 aliphatic heterocycles. The number of rotatable bonds is 6. The van der Waals surface area contributed by atoms with Gasteiger partial charge in [0.25, 0.3) is 5.56 Å². The van der Waals surface area contributed by atoms with E-state index in [9.17, 15) is 14.4 Å². The van der Waals surface area contributed by atoms with Crippen molar-refractivity contribution in [3.8, 4) is 0 Å². The lowest BCUT2D eigenvalue weighted by molar-refractivity contribution is -0.121. The standard InChI is InChI=1S/C18H20ClN5O3/c1-22-16-15(17(26)23(2)18(22)27)24(11-21-16)8-4-7-14(25)20-10-12-5-3-6-13(19)9-12/h3,5-6,9,11H,4,7-8,10H2,1-2H3,(H,20,25). The Labute approximate surface area is 160 Å². The molecule has 0 aliphatic carbocycles. The van der Waals surface area contributed by atoms with Crippen molar-refractivity contribution in [2.45, 2.75) is 25.9 Å². The van der Waals surface area contributed by atoms with Gasteiger partial charge in [0.15, 0.2) is 11.2 Å². The fourth-order valence-electron chi connectivity index (χ4n) is 2.91. The van der Waals surface area contributed by atoms with Crippen molar-refractivity contribution in [1.82, 2.24) is 24.0 Å². The van der Waals surface area contributed by atoms with Gasteiger partial charge in [-0.2, -0.15) is 0 Å². The van der Waals surface area contributed by atoms with Crippen LogP contribution >= 0.6 is 11.6 Å². The molecule has 3 aromatic rings. The molecule has 27 heavy (non-hydrogen) atoms. The van der Waals surface area contributed by atoms with E-state index in [0.717, 1.165) is 10.1 Å². The largest absolute Gasteiger partial charge is 0.352 e. The number of carbonyl (C=O) groups is 1. The summed E-state index contributed by atoms with van der Waals surface area (Å²) >= 11 is 5.92. The molecule has 0 atom stereocenters. The maximum absolute atomic E-state index is 12.4. The van der Waals surface area contributed by atoms with Gasteiger partial charge in [0.2, 0.25) is 5.91 Å². The molecule has 2 aromatic heterocycles. The van der Waals surface area contributed by atoms with E-state index >= 15 is 0 Å². The molecule has 9 heteroatoms. The van der Waals surface area contributed by atoms with Crippen LogP contribution in [0.15, 0.2) is 40.2 Å². The van der Waals surface area contributed by atoms with Crippen LogP contribution in [0.5, 0.6) is 0 Å². The quantitative estimate of drug-likeness (QED) is 0.685. The Kier molecular flexibility index (Phi) is 5.46. The monoisotopic (exact) mass is 389 g/mol. The summed E-state index contributed by atoms with van der Waals surface area (Å²) in [4.78, 5) is 40.5. The van der Waals surface area contributed by atoms with Gasteiger partial charge in [0.1, 0.15) is 0 Å². The number of carbonyl (C=O) groups excluding carboxylic acids is 1. The van der Waals surface area contributed by atoms with Crippen LogP contribution < -0.4 is 16.6 Å². The first-order chi connectivity index (χ1) is 12.9. The first-order valence-electron chi connectivity index (χ1n) is 8.50. The van der Waals surface area contributed by atoms with Crippen molar-refractivity contribution in [1.29, 1.82) is 0 Å². The van der Waals surface area contributed by atoms with E-state index in [1.165, 1.54) is 17.9 Å². The average Bonchev–Trinajstić information content (AvgIpc) is 3.07. The molecule has 0 saturated carbocycles. The molecule has 8 nitrogen and oxygen atoms in total. The van der Waals surface area contributed by atoms with E-state index in [1.54, 1.807) is 23.7 Å². The molecule has 0 fully saturated rings. The second-order valence-electron chi connectivity index (χ2n) is 6.33. The Morgan fingerprint density at radius 2 is 2.00 bits per heavy atom. The minimum Gasteiger partial charge on any atom is -0.352 e. The molecule has 1 N–H and O–H groups in total. The van der Waals surface area contributed by atoms with Crippen molar-refractivity contribution in [3.05, 3.63) is 62.0 Å². The molecule has 142 valence electrons. The number of hydrogen-bond acceptors (Lipinski definition) is 4. The van der Waals surface area contributed by atoms with Gasteiger partial charge in [-0.15, -0.1) is 0 Å². The third kappa shape index (κ3) is 3.95. The normalized spacial score (nSPS) is 11.1. The van der Waals surface area contributed by atoms with E-state index < -0.39 is 11.2 Å². The molecule has 0 aliphatic rings. The van der Waals surface area contributed by atoms with Gasteiger partial charge in [-0.25, -0.2) is 9.78 Å². The smallest absolute Gasteiger partial charge is 0.332 e. The lowest BCUT2D eigenvalue weighted by Gasteiger charge is -2.08. The molecule has 0 radical (unpaired) electrons. The number of amides is 1. The molecule has 0 bridgehead atoms. The highest BCUT2D eigenvalue weighted by Gasteiger charge is 2.14. The van der Waals surface area contributed by atoms with Crippen LogP contribution in [0.4, 0.5) is 0 Å². The number of halogens is 1. The SMILES string of the molecule is Cn1c(=O)c2c(ncn2CCCC(=O)NCc2cccc(Cl)c2)n(C)c1=O. The predicted molar refractivity (Wildman–Crippen MR) is 103 cm³/mol. The summed E-state index contributed by atoms with van der Waals surface area (Å²) < 4.78 is 4.07. The second-order valence-corrected chi connectivity index (χ2v) is 6.76. The van der Waals surface area contributed by atoms with Crippen molar-refractivity contribution in [2.75, 3.05) is 0 Å². The highest BCUT2D eigenvalue weighted by Crippen LogP contribution is 2.10. The zero-order chi connectivity index (χ0) is 19.6. The molecule has 1 amide bonds. The second kappa shape index (κ2) is 7.79. The third-order valence-corrected chi connectivity index (χ3v) is 4.63. The number of aryl methyl sites for hydroxylation is 2. The first-order valence-corrected chi connectivity index (χ1v) is 8.88. The van der Waals surface area contributed by atoms with Crippen LogP contribution in [0.1, 0.15) is 18.4 Å². The number of nitrogens with one attached hydrogen (secondary N) is 1. The summed E-state index contributed by atoms with van der Waals surface area (Å²) in [7, 11) is 3.01. The fraction of sp³-hybridized carbons (Fsp3) is 0.333. The predicted octanol–water partition coefficient (Wildman–Crippen LogP) is 1.18. The van der Waals surface area contributed by atoms with E-state index in [1.807, 2.05) is 12.1 Å². The summed E-state index contributed by atoms with van der Waals surface area (Å²) in [5.41, 5.74) is 0.822. The van der Waals surface area contributed by atoms with Crippen LogP contribution in [-0.2, 0) is 32.0 Å². The number of hydrogen-bond donors (Lipinski definition) is 1. The highest BCUT2D eigenvalue weighted by atomic mass is 35.5. The summed E-state index contributed by atoms with van der Waals surface area (Å²) in [6.45, 7) is 0.866. The van der Waals surface area contributed by atoms with Crippen molar-refractivity contribution >= 4 is 28.7 Å². The Morgan fingerprint density at radius 1 is 1.22 bits per heavy atom. The van der Waals surface area contributed by atoms with Gasteiger partial charge in [0, 0.05) is 38.6 Å². The summed E-state index contributed by atoms with van der Waals surface area (Å²) in [6, 6.07) is 7.31. The van der Waals surface area contributed by atoms with E-state index in [2.05, 4.69) is 10.3 Å². The fourth-order valence-corrected chi connectivity index (χ4v) is 3.13. The lowest BCUT2D eigenvalue weighted by atomic mass is 10.2. The average molecular weight is 390 g/mol. The highest BCUT2D eigenvalue weighted by molar-refractivity contribution is 6.30. The minimum absolute atomic E-state index is 0.0836. The molecular formula is C18H20ClN5O3. The van der Waals surface area contributed by atoms with Gasteiger partial charge < -0.3 is 9.88 Å². The van der Waals surface area contributed by atoms with Gasteiger partial charge >= 0.3 is 5.69 Å². The third-order valence-electron chi connectivity index (χ3n) is 4.40. The zero-order valence-electron chi connectivity index (χ0n) is 15.1. The van der Waals surface area contributed by atoms with Crippen molar-refractivity contribution < 1.29 is 4.79 Å². The Morgan fingerprint density at radius 3 is 2.74 bits per heavy atom. The first kappa shape index (κ1) is 18.9. The van der Waals surface area contributed by atoms with Crippen LogP contribution in [0, 0.1) is 0 Å². The topological polar surface area (TPSA) is 90.9 Å². The number of fused-ring (bicyclic) bond motifs is 1. The van der Waals surface area contributed by atoms with Crippen LogP contribution in [0.2, 0.25) is 5.02 Å². The van der Waals surface area contributed by atoms with E-state index in [-0.39, 0.29) is 5.91 Å². The molecule has 0 unspecified atom stereocenters. The van der Waals surface area contributed by atoms with E-state index in [4.69, 9.17) is 11.6 Å². The zero-order valence-corrected chi connectivity index (χ0v) is 15.9. The Hall–Kier alpha value is -2.87. The molecular weight excluding hydrogens is 370 g/mol. The maximum atomic E-state index is 12.4. The summed E-state index contributed by atoms with van der Waals surface area (Å²) in [5.74, 6) is -0.0836. The Bertz CT molecular complexity index is 1110. The van der Waals surface area contributed by atoms with Gasteiger partial charge in [0.05, 0.1) is 6.33 Å². The summed E-state index contributed by atoms with van der Waals surface area (Å²) in [5, 5.41) is 3.48. The lowest BCUT2D eigenvalue weighted by Crippen LogP contribution is -2.37. The molecule has 0 spiro atoms. The summed E-state index contributed by atoms with van der Waals surface area (Å²) in [6.07, 6.45) is 2.38. The molecule has 0 saturated heterocycles. The van der Waals surface area contributed by atoms with Gasteiger partial charge in [-0.1, -0.05) is 23.7 Å². The molecule has 2 heterocycles. The molecule has 1 aromatic carbocycles. The van der Waals surface area contributed by atoms with Crippen LogP contribution in [-0.4, -0.2) is 24.6 Å². The number of aromatic nitrogens is 4. The number of nitrogens with zero attached hydrogens (tertiary/aromatic N) is 4. The maximum Gasteiger partial charge on any atom is 0.332 e. The van der Waals surface area contributed by atoms with Crippen molar-refractivity contribution in [2.24, 2.45) is 14.1 Å². The van der Waals surface area contributed by atoms with E-state index in [0.29, 0.717) is 42.1 Å². The van der Waals surface area contributed by atoms with Crippen LogP contribution in [0.3, 0.4) is 0 Å². The number of imidazole rings is 1. The molecule has 3 rings (SSSR count). The van der Waals surface area contributed by atoms with Gasteiger partial charge in [-0.3, -0.25) is 18.7 Å². The number of benzene rings is 1. The minimum atomic E-state index is -0.418.